The van der Waals surface area contributed by atoms with Crippen LogP contribution in [0.1, 0.15) is 170 Å². The van der Waals surface area contributed by atoms with Gasteiger partial charge in [-0.2, -0.15) is 0 Å². The van der Waals surface area contributed by atoms with Crippen LogP contribution in [-0.4, -0.2) is 31.1 Å². The Balaban J connectivity index is 4.42. The maximum absolute atomic E-state index is 13.1. The highest BCUT2D eigenvalue weighted by atomic mass is 16.5. The highest BCUT2D eigenvalue weighted by Crippen LogP contribution is 2.33. The van der Waals surface area contributed by atoms with E-state index in [4.69, 9.17) is 4.74 Å². The van der Waals surface area contributed by atoms with E-state index in [1.807, 2.05) is 0 Å². The van der Waals surface area contributed by atoms with Crippen molar-refractivity contribution in [2.75, 3.05) is 19.8 Å². The zero-order valence-corrected chi connectivity index (χ0v) is 25.1. The minimum atomic E-state index is -0.153. The molecule has 0 rings (SSSR count). The molecule has 1 N–H and O–H groups in total. The molecule has 3 heteroatoms. The van der Waals surface area contributed by atoms with Gasteiger partial charge in [0, 0.05) is 23.9 Å². The van der Waals surface area contributed by atoms with Crippen molar-refractivity contribution in [2.24, 2.45) is 5.41 Å². The van der Waals surface area contributed by atoms with Crippen LogP contribution in [0.25, 0.3) is 0 Å². The first-order chi connectivity index (χ1) is 16.9. The number of ketones is 1. The molecular weight excluding hydrogens is 430 g/mol. The lowest BCUT2D eigenvalue weighted by atomic mass is 9.75. The summed E-state index contributed by atoms with van der Waals surface area (Å²) in [5.41, 5.74) is 0.0660. The lowest BCUT2D eigenvalue weighted by Crippen LogP contribution is -2.44. The summed E-state index contributed by atoms with van der Waals surface area (Å²) in [6, 6.07) is 0. The summed E-state index contributed by atoms with van der Waals surface area (Å²) in [6.07, 6.45) is 24.5. The van der Waals surface area contributed by atoms with Crippen molar-refractivity contribution in [3.63, 3.8) is 0 Å². The van der Waals surface area contributed by atoms with E-state index in [1.54, 1.807) is 0 Å². The minimum Gasteiger partial charge on any atom is -0.380 e. The summed E-state index contributed by atoms with van der Waals surface area (Å²) in [4.78, 5) is 13.1. The van der Waals surface area contributed by atoms with Crippen molar-refractivity contribution in [1.82, 2.24) is 5.32 Å². The number of rotatable bonds is 27. The average Bonchev–Trinajstić information content (AvgIpc) is 2.85. The fourth-order valence-corrected chi connectivity index (χ4v) is 5.27. The Morgan fingerprint density at radius 2 is 1.06 bits per heavy atom. The molecule has 210 valence electrons. The Kier molecular flexibility index (Phi) is 22.5. The lowest BCUT2D eigenvalue weighted by molar-refractivity contribution is -0.130. The molecule has 0 saturated heterocycles. The molecule has 0 radical (unpaired) electrons. The second kappa shape index (κ2) is 22.8. The Labute approximate surface area is 221 Å². The fourth-order valence-electron chi connectivity index (χ4n) is 5.27. The summed E-state index contributed by atoms with van der Waals surface area (Å²) in [6.45, 7) is 15.8. The maximum atomic E-state index is 13.1. The van der Waals surface area contributed by atoms with Gasteiger partial charge >= 0.3 is 0 Å². The Morgan fingerprint density at radius 3 is 1.60 bits per heavy atom. The highest BCUT2D eigenvalue weighted by molar-refractivity contribution is 5.84. The van der Waals surface area contributed by atoms with Gasteiger partial charge in [-0.15, -0.1) is 0 Å². The van der Waals surface area contributed by atoms with E-state index in [9.17, 15) is 4.79 Å². The Bertz CT molecular complexity index is 480. The molecule has 35 heavy (non-hydrogen) atoms. The van der Waals surface area contributed by atoms with Crippen molar-refractivity contribution in [2.45, 2.75) is 175 Å². The van der Waals surface area contributed by atoms with Gasteiger partial charge in [0.2, 0.25) is 0 Å². The summed E-state index contributed by atoms with van der Waals surface area (Å²) < 4.78 is 5.96. The number of carbonyl (C=O) groups is 1. The standard InChI is InChI=1S/C32H65NO2/c1-7-11-15-18-21-26-32(6,25-20-17-13-9-3)33-27-29-35-28-22-30(34)31(5,23-14-10-4)24-19-16-12-8-2/h33H,7-29H2,1-6H3. The van der Waals surface area contributed by atoms with Crippen molar-refractivity contribution in [3.8, 4) is 0 Å². The number of Topliss-reactive ketones (excluding diaryl/α,β-unsaturated/α-hetero) is 1. The monoisotopic (exact) mass is 496 g/mol. The third-order valence-electron chi connectivity index (χ3n) is 8.02. The van der Waals surface area contributed by atoms with E-state index in [1.165, 1.54) is 96.3 Å². The molecule has 0 fully saturated rings. The molecule has 0 amide bonds. The molecule has 0 aromatic heterocycles. The molecule has 0 aromatic rings. The third kappa shape index (κ3) is 18.5. The maximum Gasteiger partial charge on any atom is 0.141 e. The second-order valence-electron chi connectivity index (χ2n) is 11.7. The first-order valence-corrected chi connectivity index (χ1v) is 15.7. The molecule has 0 bridgehead atoms. The van der Waals surface area contributed by atoms with E-state index in [-0.39, 0.29) is 11.0 Å². The van der Waals surface area contributed by atoms with Crippen LogP contribution in [0.15, 0.2) is 0 Å². The van der Waals surface area contributed by atoms with Gasteiger partial charge in [-0.25, -0.2) is 0 Å². The molecule has 3 nitrogen and oxygen atoms in total. The van der Waals surface area contributed by atoms with Gasteiger partial charge in [0.1, 0.15) is 5.78 Å². The summed E-state index contributed by atoms with van der Waals surface area (Å²) in [5.74, 6) is 0.420. The van der Waals surface area contributed by atoms with E-state index in [2.05, 4.69) is 46.9 Å². The van der Waals surface area contributed by atoms with E-state index in [0.717, 1.165) is 32.2 Å². The van der Waals surface area contributed by atoms with Crippen LogP contribution < -0.4 is 5.32 Å². The smallest absolute Gasteiger partial charge is 0.141 e. The largest absolute Gasteiger partial charge is 0.380 e. The number of nitrogens with one attached hydrogen (secondary N) is 1. The molecule has 0 aliphatic carbocycles. The molecule has 0 spiro atoms. The van der Waals surface area contributed by atoms with Crippen LogP contribution in [0.2, 0.25) is 0 Å². The lowest BCUT2D eigenvalue weighted by Gasteiger charge is -2.32. The SMILES string of the molecule is CCCCCCCC(C)(CCCCCC)NCCOCCC(=O)C(C)(CCCC)CCCCCC. The molecule has 0 heterocycles. The first kappa shape index (κ1) is 34.6. The summed E-state index contributed by atoms with van der Waals surface area (Å²) in [5, 5.41) is 3.84. The third-order valence-corrected chi connectivity index (χ3v) is 8.02. The fraction of sp³-hybridized carbons (Fsp3) is 0.969. The van der Waals surface area contributed by atoms with Crippen LogP contribution in [0.5, 0.6) is 0 Å². The van der Waals surface area contributed by atoms with E-state index >= 15 is 0 Å². The average molecular weight is 496 g/mol. The Hall–Kier alpha value is -0.410. The van der Waals surface area contributed by atoms with Gasteiger partial charge in [-0.3, -0.25) is 4.79 Å². The van der Waals surface area contributed by atoms with Crippen LogP contribution in [0, 0.1) is 5.41 Å². The zero-order valence-electron chi connectivity index (χ0n) is 25.1. The van der Waals surface area contributed by atoms with E-state index in [0.29, 0.717) is 25.4 Å². The van der Waals surface area contributed by atoms with Crippen LogP contribution in [0.4, 0.5) is 0 Å². The van der Waals surface area contributed by atoms with E-state index < -0.39 is 0 Å². The second-order valence-corrected chi connectivity index (χ2v) is 11.7. The quantitative estimate of drug-likeness (QED) is 0.115. The van der Waals surface area contributed by atoms with Gasteiger partial charge in [-0.1, -0.05) is 131 Å². The Morgan fingerprint density at radius 1 is 0.600 bits per heavy atom. The number of unbranched alkanes of at least 4 members (excludes halogenated alkanes) is 11. The number of hydrogen-bond donors (Lipinski definition) is 1. The molecule has 2 atom stereocenters. The number of carbonyl (C=O) groups excluding carboxylic acids is 1. The molecular formula is C32H65NO2. The van der Waals surface area contributed by atoms with Crippen LogP contribution in [-0.2, 0) is 9.53 Å². The predicted octanol–water partition coefficient (Wildman–Crippen LogP) is 9.81. The predicted molar refractivity (Wildman–Crippen MR) is 155 cm³/mol. The number of hydrogen-bond acceptors (Lipinski definition) is 3. The summed E-state index contributed by atoms with van der Waals surface area (Å²) >= 11 is 0. The van der Waals surface area contributed by atoms with Crippen molar-refractivity contribution in [1.29, 1.82) is 0 Å². The molecule has 2 unspecified atom stereocenters. The molecule has 0 saturated carbocycles. The summed E-state index contributed by atoms with van der Waals surface area (Å²) in [7, 11) is 0. The van der Waals surface area contributed by atoms with Crippen LogP contribution >= 0.6 is 0 Å². The van der Waals surface area contributed by atoms with Crippen molar-refractivity contribution < 1.29 is 9.53 Å². The topological polar surface area (TPSA) is 38.3 Å². The van der Waals surface area contributed by atoms with Crippen LogP contribution in [0.3, 0.4) is 0 Å². The van der Waals surface area contributed by atoms with Gasteiger partial charge in [0.05, 0.1) is 13.2 Å². The van der Waals surface area contributed by atoms with Crippen molar-refractivity contribution in [3.05, 3.63) is 0 Å². The zero-order chi connectivity index (χ0) is 26.3. The number of ether oxygens (including phenoxy) is 1. The molecule has 0 aromatic carbocycles. The van der Waals surface area contributed by atoms with Gasteiger partial charge in [-0.05, 0) is 32.6 Å². The molecule has 0 aliphatic rings. The first-order valence-electron chi connectivity index (χ1n) is 15.7. The van der Waals surface area contributed by atoms with Gasteiger partial charge < -0.3 is 10.1 Å². The normalized spacial score (nSPS) is 15.1. The highest BCUT2D eigenvalue weighted by Gasteiger charge is 2.31. The van der Waals surface area contributed by atoms with Gasteiger partial charge in [0.25, 0.3) is 0 Å². The molecule has 0 aliphatic heterocycles. The van der Waals surface area contributed by atoms with Gasteiger partial charge in [0.15, 0.2) is 0 Å². The van der Waals surface area contributed by atoms with Crippen molar-refractivity contribution >= 4 is 5.78 Å². The minimum absolute atomic E-state index is 0.153.